The van der Waals surface area contributed by atoms with Crippen LogP contribution < -0.4 is 10.1 Å². The number of carbonyl (C=O) groups is 1. The summed E-state index contributed by atoms with van der Waals surface area (Å²) in [7, 11) is 0. The lowest BCUT2D eigenvalue weighted by atomic mass is 10.1. The summed E-state index contributed by atoms with van der Waals surface area (Å²) in [6.45, 7) is 8.44. The monoisotopic (exact) mass is 376 g/mol. The van der Waals surface area contributed by atoms with Crippen molar-refractivity contribution in [2.45, 2.75) is 32.9 Å². The molecule has 1 fully saturated rings. The van der Waals surface area contributed by atoms with E-state index in [0.29, 0.717) is 5.56 Å². The van der Waals surface area contributed by atoms with Crippen LogP contribution in [0, 0.1) is 0 Å². The van der Waals surface area contributed by atoms with Gasteiger partial charge in [0.05, 0.1) is 6.10 Å². The van der Waals surface area contributed by atoms with Crippen LogP contribution in [0.5, 0.6) is 5.75 Å². The Morgan fingerprint density at radius 1 is 1.43 bits per heavy atom. The van der Waals surface area contributed by atoms with Crippen LogP contribution in [0.3, 0.4) is 0 Å². The molecule has 0 radical (unpaired) electrons. The highest BCUT2D eigenvalue weighted by atomic mass is 79.9. The zero-order valence-corrected chi connectivity index (χ0v) is 15.0. The third-order valence-electron chi connectivity index (χ3n) is 3.25. The van der Waals surface area contributed by atoms with Gasteiger partial charge in [0.1, 0.15) is 5.75 Å². The molecule has 1 N–H and O–H groups in total. The molecule has 118 valence electrons. The minimum Gasteiger partial charge on any atom is -0.491 e. The van der Waals surface area contributed by atoms with Crippen LogP contribution in [0.1, 0.15) is 31.1 Å². The zero-order valence-electron chi connectivity index (χ0n) is 12.6. The van der Waals surface area contributed by atoms with Gasteiger partial charge in [-0.2, -0.15) is 0 Å². The Kier molecular flexibility index (Phi) is 6.97. The first-order valence-electron chi connectivity index (χ1n) is 6.96. The maximum atomic E-state index is 12.6. The van der Waals surface area contributed by atoms with Crippen molar-refractivity contribution in [2.75, 3.05) is 19.6 Å². The average molecular weight is 378 g/mol. The molecule has 1 amide bonds. The van der Waals surface area contributed by atoms with E-state index in [1.54, 1.807) is 0 Å². The van der Waals surface area contributed by atoms with E-state index in [4.69, 9.17) is 4.74 Å². The van der Waals surface area contributed by atoms with Crippen LogP contribution in [0.15, 0.2) is 22.7 Å². The van der Waals surface area contributed by atoms with Gasteiger partial charge in [-0.3, -0.25) is 4.79 Å². The highest BCUT2D eigenvalue weighted by Gasteiger charge is 2.24. The third kappa shape index (κ3) is 4.87. The molecule has 0 aliphatic carbocycles. The van der Waals surface area contributed by atoms with E-state index < -0.39 is 0 Å². The first kappa shape index (κ1) is 18.3. The van der Waals surface area contributed by atoms with Gasteiger partial charge in [0.25, 0.3) is 5.91 Å². The number of ether oxygens (including phenoxy) is 1. The molecule has 0 saturated carbocycles. The van der Waals surface area contributed by atoms with Crippen LogP contribution >= 0.6 is 28.3 Å². The second-order valence-corrected chi connectivity index (χ2v) is 6.31. The smallest absolute Gasteiger partial charge is 0.254 e. The van der Waals surface area contributed by atoms with Crippen LogP contribution in [0.25, 0.3) is 0 Å². The summed E-state index contributed by atoms with van der Waals surface area (Å²) < 4.78 is 6.55. The van der Waals surface area contributed by atoms with E-state index in [1.165, 1.54) is 0 Å². The number of nitrogens with one attached hydrogen (secondary N) is 1. The SMILES string of the molecule is CC(C)Oc1cc(Br)cc(C(=O)N2CCNC[C@@H]2C)c1.Cl. The van der Waals surface area contributed by atoms with E-state index in [2.05, 4.69) is 28.2 Å². The number of piperazine rings is 1. The maximum absolute atomic E-state index is 12.6. The highest BCUT2D eigenvalue weighted by molar-refractivity contribution is 9.10. The first-order valence-corrected chi connectivity index (χ1v) is 7.75. The molecule has 1 atom stereocenters. The summed E-state index contributed by atoms with van der Waals surface area (Å²) in [5.41, 5.74) is 0.670. The van der Waals surface area contributed by atoms with Crippen molar-refractivity contribution in [3.8, 4) is 5.75 Å². The van der Waals surface area contributed by atoms with Gasteiger partial charge in [0.15, 0.2) is 0 Å². The number of carbonyl (C=O) groups excluding carboxylic acids is 1. The average Bonchev–Trinajstić information content (AvgIpc) is 2.37. The van der Waals surface area contributed by atoms with Gasteiger partial charge < -0.3 is 15.0 Å². The third-order valence-corrected chi connectivity index (χ3v) is 3.71. The van der Waals surface area contributed by atoms with Gasteiger partial charge in [0.2, 0.25) is 0 Å². The fourth-order valence-corrected chi connectivity index (χ4v) is 2.81. The van der Waals surface area contributed by atoms with Crippen LogP contribution in [-0.2, 0) is 0 Å². The van der Waals surface area contributed by atoms with Crippen molar-refractivity contribution < 1.29 is 9.53 Å². The van der Waals surface area contributed by atoms with Gasteiger partial charge in [-0.05, 0) is 39.0 Å². The number of hydrogen-bond acceptors (Lipinski definition) is 3. The van der Waals surface area contributed by atoms with E-state index >= 15 is 0 Å². The van der Waals surface area contributed by atoms with Crippen molar-refractivity contribution in [1.29, 1.82) is 0 Å². The second-order valence-electron chi connectivity index (χ2n) is 5.39. The van der Waals surface area contributed by atoms with Crippen molar-refractivity contribution in [2.24, 2.45) is 0 Å². The predicted octanol–water partition coefficient (Wildman–Crippen LogP) is 3.09. The standard InChI is InChI=1S/C15H21BrN2O2.ClH/c1-10(2)20-14-7-12(6-13(16)8-14)15(19)18-5-4-17-9-11(18)3;/h6-8,10-11,17H,4-5,9H2,1-3H3;1H/t11-;/m0./s1. The quantitative estimate of drug-likeness (QED) is 0.880. The predicted molar refractivity (Wildman–Crippen MR) is 90.5 cm³/mol. The Morgan fingerprint density at radius 3 is 2.76 bits per heavy atom. The number of halogens is 2. The molecule has 1 aliphatic rings. The van der Waals surface area contributed by atoms with E-state index in [0.717, 1.165) is 29.9 Å². The second kappa shape index (κ2) is 8.01. The van der Waals surface area contributed by atoms with Crippen molar-refractivity contribution in [3.63, 3.8) is 0 Å². The molecule has 1 saturated heterocycles. The van der Waals surface area contributed by atoms with Crippen LogP contribution in [0.2, 0.25) is 0 Å². The number of hydrogen-bond donors (Lipinski definition) is 1. The molecule has 1 aromatic carbocycles. The minimum absolute atomic E-state index is 0. The maximum Gasteiger partial charge on any atom is 0.254 e. The summed E-state index contributed by atoms with van der Waals surface area (Å²) in [5, 5.41) is 3.29. The normalized spacial score (nSPS) is 18.3. The molecule has 1 aliphatic heterocycles. The Hall–Kier alpha value is -0.780. The van der Waals surface area contributed by atoms with Gasteiger partial charge >= 0.3 is 0 Å². The van der Waals surface area contributed by atoms with E-state index in [1.807, 2.05) is 36.9 Å². The molecule has 0 unspecified atom stereocenters. The molecule has 21 heavy (non-hydrogen) atoms. The van der Waals surface area contributed by atoms with E-state index in [-0.39, 0.29) is 30.5 Å². The van der Waals surface area contributed by atoms with Gasteiger partial charge in [-0.25, -0.2) is 0 Å². The minimum atomic E-state index is 0. The van der Waals surface area contributed by atoms with Crippen LogP contribution in [0.4, 0.5) is 0 Å². The lowest BCUT2D eigenvalue weighted by Gasteiger charge is -2.34. The number of benzene rings is 1. The molecule has 0 spiro atoms. The molecule has 1 aromatic rings. The molecule has 4 nitrogen and oxygen atoms in total. The highest BCUT2D eigenvalue weighted by Crippen LogP contribution is 2.24. The molecule has 0 aromatic heterocycles. The van der Waals surface area contributed by atoms with Crippen molar-refractivity contribution >= 4 is 34.2 Å². The summed E-state index contributed by atoms with van der Waals surface area (Å²) in [5.74, 6) is 0.786. The van der Waals surface area contributed by atoms with Gasteiger partial charge in [-0.15, -0.1) is 12.4 Å². The number of nitrogens with zero attached hydrogens (tertiary/aromatic N) is 1. The molecule has 0 bridgehead atoms. The fourth-order valence-electron chi connectivity index (χ4n) is 2.33. The van der Waals surface area contributed by atoms with Gasteiger partial charge in [-0.1, -0.05) is 15.9 Å². The molecule has 1 heterocycles. The summed E-state index contributed by atoms with van der Waals surface area (Å²) in [6, 6.07) is 5.77. The number of rotatable bonds is 3. The lowest BCUT2D eigenvalue weighted by molar-refractivity contribution is 0.0655. The Labute approximate surface area is 140 Å². The Bertz CT molecular complexity index is 497. The van der Waals surface area contributed by atoms with Crippen molar-refractivity contribution in [3.05, 3.63) is 28.2 Å². The van der Waals surface area contributed by atoms with Gasteiger partial charge in [0, 0.05) is 35.7 Å². The topological polar surface area (TPSA) is 41.6 Å². The molecule has 6 heteroatoms. The molecular formula is C15H22BrClN2O2. The summed E-state index contributed by atoms with van der Waals surface area (Å²) in [6.07, 6.45) is 0.0883. The zero-order chi connectivity index (χ0) is 14.7. The Balaban J connectivity index is 0.00000220. The first-order chi connectivity index (χ1) is 9.47. The Morgan fingerprint density at radius 2 is 2.14 bits per heavy atom. The fraction of sp³-hybridized carbons (Fsp3) is 0.533. The van der Waals surface area contributed by atoms with E-state index in [9.17, 15) is 4.79 Å². The molecular weight excluding hydrogens is 356 g/mol. The molecule has 2 rings (SSSR count). The van der Waals surface area contributed by atoms with Crippen molar-refractivity contribution in [1.82, 2.24) is 10.2 Å². The summed E-state index contributed by atoms with van der Waals surface area (Å²) >= 11 is 3.45. The largest absolute Gasteiger partial charge is 0.491 e. The number of amides is 1. The van der Waals surface area contributed by atoms with Crippen LogP contribution in [-0.4, -0.2) is 42.6 Å². The lowest BCUT2D eigenvalue weighted by Crippen LogP contribution is -2.52. The summed E-state index contributed by atoms with van der Waals surface area (Å²) in [4.78, 5) is 14.5.